The molecular formula is C15H12N2O5. The first kappa shape index (κ1) is 14.0. The number of benzene rings is 1. The summed E-state index contributed by atoms with van der Waals surface area (Å²) in [7, 11) is 0. The number of nitrogens with one attached hydrogen (secondary N) is 1. The number of amides is 2. The van der Waals surface area contributed by atoms with E-state index in [4.69, 9.17) is 0 Å². The molecule has 2 aromatic rings. The number of piperidine rings is 1. The van der Waals surface area contributed by atoms with Crippen LogP contribution in [0.3, 0.4) is 0 Å². The Morgan fingerprint density at radius 2 is 2.14 bits per heavy atom. The third-order valence-electron chi connectivity index (χ3n) is 3.73. The van der Waals surface area contributed by atoms with Gasteiger partial charge in [0, 0.05) is 18.0 Å². The van der Waals surface area contributed by atoms with Crippen molar-refractivity contribution in [3.05, 3.63) is 30.1 Å². The molecule has 2 amide bonds. The normalized spacial score (nSPS) is 18.3. The van der Waals surface area contributed by atoms with Crippen molar-refractivity contribution in [1.82, 2.24) is 9.88 Å². The molecule has 112 valence electrons. The highest BCUT2D eigenvalue weighted by Gasteiger charge is 2.32. The van der Waals surface area contributed by atoms with E-state index in [1.165, 1.54) is 16.8 Å². The van der Waals surface area contributed by atoms with Crippen molar-refractivity contribution in [3.8, 4) is 5.75 Å². The fourth-order valence-corrected chi connectivity index (χ4v) is 2.77. The first-order chi connectivity index (χ1) is 10.5. The molecule has 3 rings (SSSR count). The summed E-state index contributed by atoms with van der Waals surface area (Å²) in [5.41, 5.74) is -0.0439. The first-order valence-corrected chi connectivity index (χ1v) is 6.68. The molecule has 0 bridgehead atoms. The van der Waals surface area contributed by atoms with Crippen LogP contribution in [-0.2, 0) is 14.4 Å². The minimum Gasteiger partial charge on any atom is -0.507 e. The molecule has 1 aromatic heterocycles. The lowest BCUT2D eigenvalue weighted by atomic mass is 10.0. The van der Waals surface area contributed by atoms with Crippen LogP contribution in [0.1, 0.15) is 29.4 Å². The number of aromatic hydroxyl groups is 1. The summed E-state index contributed by atoms with van der Waals surface area (Å²) in [5.74, 6) is -1.88. The van der Waals surface area contributed by atoms with Crippen molar-refractivity contribution < 1.29 is 24.3 Å². The monoisotopic (exact) mass is 300 g/mol. The average molecular weight is 300 g/mol. The number of ketones is 1. The molecule has 0 spiro atoms. The number of fused-ring (bicyclic) bond motifs is 1. The molecule has 0 saturated carbocycles. The largest absolute Gasteiger partial charge is 0.507 e. The molecule has 0 radical (unpaired) electrons. The van der Waals surface area contributed by atoms with Gasteiger partial charge in [0.25, 0.3) is 0 Å². The maximum absolute atomic E-state index is 12.0. The molecule has 1 unspecified atom stereocenters. The standard InChI is InChI=1S/C15H12N2O5/c18-7-11(20)14-13-8(2-1-3-10(13)19)6-17(14)9-4-5-12(21)16-15(9)22/h1-3,6-7,9,19H,4-5H2,(H,16,21,22). The SMILES string of the molecule is O=CC(=O)c1c2c(O)cccc2cn1C1CCC(=O)NC1=O. The molecule has 1 atom stereocenters. The molecule has 2 N–H and O–H groups in total. The molecule has 1 aliphatic rings. The van der Waals surface area contributed by atoms with Crippen molar-refractivity contribution >= 4 is 34.7 Å². The summed E-state index contributed by atoms with van der Waals surface area (Å²) >= 11 is 0. The smallest absolute Gasteiger partial charge is 0.249 e. The van der Waals surface area contributed by atoms with Gasteiger partial charge in [0.15, 0.2) is 6.29 Å². The van der Waals surface area contributed by atoms with Crippen molar-refractivity contribution in [3.63, 3.8) is 0 Å². The van der Waals surface area contributed by atoms with Crippen LogP contribution in [0.4, 0.5) is 0 Å². The Bertz CT molecular complexity index is 821. The third kappa shape index (κ3) is 2.07. The average Bonchev–Trinajstić information content (AvgIpc) is 2.87. The number of hydrogen-bond donors (Lipinski definition) is 2. The molecule has 7 nitrogen and oxygen atoms in total. The van der Waals surface area contributed by atoms with E-state index >= 15 is 0 Å². The van der Waals surface area contributed by atoms with Crippen LogP contribution in [0.2, 0.25) is 0 Å². The number of hydrogen-bond acceptors (Lipinski definition) is 5. The lowest BCUT2D eigenvalue weighted by Crippen LogP contribution is -2.42. The minimum absolute atomic E-state index is 0.0439. The van der Waals surface area contributed by atoms with Crippen LogP contribution >= 0.6 is 0 Å². The molecule has 7 heteroatoms. The number of rotatable bonds is 3. The van der Waals surface area contributed by atoms with Crippen molar-refractivity contribution in [1.29, 1.82) is 0 Å². The summed E-state index contributed by atoms with van der Waals surface area (Å²) in [4.78, 5) is 46.2. The number of carbonyl (C=O) groups is 4. The highest BCUT2D eigenvalue weighted by Crippen LogP contribution is 2.33. The van der Waals surface area contributed by atoms with E-state index in [0.717, 1.165) is 0 Å². The molecule has 0 aliphatic carbocycles. The molecule has 1 aromatic carbocycles. The fourth-order valence-electron chi connectivity index (χ4n) is 2.77. The van der Waals surface area contributed by atoms with Gasteiger partial charge in [0.1, 0.15) is 17.5 Å². The topological polar surface area (TPSA) is 105 Å². The van der Waals surface area contributed by atoms with E-state index in [1.807, 2.05) is 0 Å². The zero-order valence-electron chi connectivity index (χ0n) is 11.4. The zero-order chi connectivity index (χ0) is 15.9. The number of Topliss-reactive ketones (excluding diaryl/α,β-unsaturated/α-hetero) is 1. The summed E-state index contributed by atoms with van der Waals surface area (Å²) < 4.78 is 1.36. The lowest BCUT2D eigenvalue weighted by Gasteiger charge is -2.23. The fraction of sp³-hybridized carbons (Fsp3) is 0.200. The Balaban J connectivity index is 2.23. The van der Waals surface area contributed by atoms with E-state index in [2.05, 4.69) is 5.32 Å². The Morgan fingerprint density at radius 1 is 1.36 bits per heavy atom. The Kier molecular flexibility index (Phi) is 3.25. The summed E-state index contributed by atoms with van der Waals surface area (Å²) in [6, 6.07) is 3.89. The van der Waals surface area contributed by atoms with Crippen LogP contribution < -0.4 is 5.32 Å². The van der Waals surface area contributed by atoms with Crippen LogP contribution in [0.5, 0.6) is 5.75 Å². The number of phenolic OH excluding ortho intramolecular Hbond substituents is 1. The van der Waals surface area contributed by atoms with Gasteiger partial charge >= 0.3 is 0 Å². The van der Waals surface area contributed by atoms with Gasteiger partial charge in [-0.15, -0.1) is 0 Å². The number of carbonyl (C=O) groups excluding carboxylic acids is 4. The minimum atomic E-state index is -0.832. The Morgan fingerprint density at radius 3 is 2.82 bits per heavy atom. The van der Waals surface area contributed by atoms with Crippen molar-refractivity contribution in [2.24, 2.45) is 0 Å². The van der Waals surface area contributed by atoms with Gasteiger partial charge < -0.3 is 9.67 Å². The maximum Gasteiger partial charge on any atom is 0.249 e. The van der Waals surface area contributed by atoms with Gasteiger partial charge in [-0.1, -0.05) is 12.1 Å². The molecule has 1 fully saturated rings. The van der Waals surface area contributed by atoms with Gasteiger partial charge in [-0.2, -0.15) is 0 Å². The predicted octanol–water partition coefficient (Wildman–Crippen LogP) is 0.706. The molecule has 1 aliphatic heterocycles. The molecular weight excluding hydrogens is 288 g/mol. The Labute approximate surface area is 124 Å². The highest BCUT2D eigenvalue weighted by molar-refractivity contribution is 6.36. The third-order valence-corrected chi connectivity index (χ3v) is 3.73. The van der Waals surface area contributed by atoms with E-state index < -0.39 is 17.7 Å². The number of nitrogens with zero attached hydrogens (tertiary/aromatic N) is 1. The van der Waals surface area contributed by atoms with Crippen LogP contribution in [0, 0.1) is 0 Å². The zero-order valence-corrected chi connectivity index (χ0v) is 11.4. The Hall–Kier alpha value is -2.96. The molecule has 1 saturated heterocycles. The molecule has 22 heavy (non-hydrogen) atoms. The maximum atomic E-state index is 12.0. The van der Waals surface area contributed by atoms with E-state index in [1.54, 1.807) is 12.1 Å². The van der Waals surface area contributed by atoms with Crippen LogP contribution in [-0.4, -0.2) is 33.6 Å². The molecule has 2 heterocycles. The highest BCUT2D eigenvalue weighted by atomic mass is 16.3. The number of phenols is 1. The van der Waals surface area contributed by atoms with Crippen molar-refractivity contribution in [2.45, 2.75) is 18.9 Å². The van der Waals surface area contributed by atoms with E-state index in [-0.39, 0.29) is 41.9 Å². The van der Waals surface area contributed by atoms with E-state index in [0.29, 0.717) is 5.39 Å². The summed E-state index contributed by atoms with van der Waals surface area (Å²) in [6.45, 7) is 0. The second-order valence-corrected chi connectivity index (χ2v) is 5.08. The van der Waals surface area contributed by atoms with Crippen LogP contribution in [0.25, 0.3) is 10.8 Å². The second kappa shape index (κ2) is 5.10. The predicted molar refractivity (Wildman–Crippen MR) is 75.4 cm³/mol. The van der Waals surface area contributed by atoms with E-state index in [9.17, 15) is 24.3 Å². The van der Waals surface area contributed by atoms with Gasteiger partial charge in [-0.3, -0.25) is 24.5 Å². The quantitative estimate of drug-likeness (QED) is 0.376. The van der Waals surface area contributed by atoms with Gasteiger partial charge in [0.05, 0.1) is 5.39 Å². The van der Waals surface area contributed by atoms with Gasteiger partial charge in [-0.05, 0) is 12.5 Å². The second-order valence-electron chi connectivity index (χ2n) is 5.08. The number of aldehydes is 1. The summed E-state index contributed by atoms with van der Waals surface area (Å²) in [6.07, 6.45) is 2.05. The van der Waals surface area contributed by atoms with Crippen LogP contribution in [0.15, 0.2) is 24.4 Å². The van der Waals surface area contributed by atoms with Gasteiger partial charge in [0.2, 0.25) is 17.6 Å². The first-order valence-electron chi connectivity index (χ1n) is 6.68. The lowest BCUT2D eigenvalue weighted by molar-refractivity contribution is -0.135. The van der Waals surface area contributed by atoms with Crippen molar-refractivity contribution in [2.75, 3.05) is 0 Å². The number of aromatic nitrogens is 1. The number of imide groups is 1. The summed E-state index contributed by atoms with van der Waals surface area (Å²) in [5, 5.41) is 13.0. The van der Waals surface area contributed by atoms with Gasteiger partial charge in [-0.25, -0.2) is 0 Å².